The van der Waals surface area contributed by atoms with E-state index in [1.807, 2.05) is 26.0 Å². The van der Waals surface area contributed by atoms with Gasteiger partial charge >= 0.3 is 0 Å². The Morgan fingerprint density at radius 2 is 2.06 bits per heavy atom. The normalized spacial score (nSPS) is 12.4. The zero-order valence-electron chi connectivity index (χ0n) is 10.8. The van der Waals surface area contributed by atoms with Gasteiger partial charge in [0.15, 0.2) is 0 Å². The number of methoxy groups -OCH3 is 1. The second-order valence-corrected chi connectivity index (χ2v) is 5.07. The molecule has 0 radical (unpaired) electrons. The molecule has 2 heterocycles. The lowest BCUT2D eigenvalue weighted by molar-refractivity contribution is 0.117. The van der Waals surface area contributed by atoms with Gasteiger partial charge in [0.25, 0.3) is 0 Å². The first-order valence-corrected chi connectivity index (χ1v) is 6.69. The third kappa shape index (κ3) is 3.27. The van der Waals surface area contributed by atoms with Crippen molar-refractivity contribution in [2.45, 2.75) is 20.0 Å². The van der Waals surface area contributed by atoms with Gasteiger partial charge in [0.2, 0.25) is 5.95 Å². The van der Waals surface area contributed by atoms with Crippen LogP contribution in [0.15, 0.2) is 23.6 Å². The lowest BCUT2D eigenvalue weighted by Crippen LogP contribution is -2.15. The molecule has 1 N–H and O–H groups in total. The first-order chi connectivity index (χ1) is 8.69. The maximum Gasteiger partial charge on any atom is 0.223 e. The summed E-state index contributed by atoms with van der Waals surface area (Å²) in [5, 5.41) is 5.28. The number of aryl methyl sites for hydroxylation is 2. The van der Waals surface area contributed by atoms with Crippen molar-refractivity contribution in [3.05, 3.63) is 39.8 Å². The van der Waals surface area contributed by atoms with Gasteiger partial charge in [0.05, 0.1) is 0 Å². The molecule has 1 unspecified atom stereocenters. The highest BCUT2D eigenvalue weighted by Gasteiger charge is 2.11. The molecule has 0 saturated heterocycles. The summed E-state index contributed by atoms with van der Waals surface area (Å²) in [4.78, 5) is 9.90. The Morgan fingerprint density at radius 1 is 1.33 bits per heavy atom. The summed E-state index contributed by atoms with van der Waals surface area (Å²) in [6, 6.07) is 6.06. The quantitative estimate of drug-likeness (QED) is 0.901. The van der Waals surface area contributed by atoms with Crippen LogP contribution in [0.1, 0.15) is 22.4 Å². The molecule has 0 saturated carbocycles. The van der Waals surface area contributed by atoms with E-state index in [0.717, 1.165) is 11.4 Å². The van der Waals surface area contributed by atoms with Gasteiger partial charge in [0, 0.05) is 29.9 Å². The maximum absolute atomic E-state index is 5.47. The molecule has 2 rings (SSSR count). The van der Waals surface area contributed by atoms with Crippen LogP contribution in [0.3, 0.4) is 0 Å². The van der Waals surface area contributed by atoms with E-state index in [-0.39, 0.29) is 6.10 Å². The van der Waals surface area contributed by atoms with E-state index in [2.05, 4.69) is 26.7 Å². The predicted molar refractivity (Wildman–Crippen MR) is 74.1 cm³/mol. The molecule has 0 bridgehead atoms. The zero-order valence-corrected chi connectivity index (χ0v) is 11.6. The smallest absolute Gasteiger partial charge is 0.223 e. The van der Waals surface area contributed by atoms with Crippen LogP contribution in [-0.4, -0.2) is 23.6 Å². The third-order valence-electron chi connectivity index (χ3n) is 2.57. The molecule has 1 atom stereocenters. The van der Waals surface area contributed by atoms with Crippen molar-refractivity contribution in [1.82, 2.24) is 9.97 Å². The Labute approximate surface area is 111 Å². The largest absolute Gasteiger partial charge is 0.374 e. The molecule has 4 nitrogen and oxygen atoms in total. The average Bonchev–Trinajstić information content (AvgIpc) is 2.82. The number of ether oxygens (including phenoxy) is 1. The molecule has 0 spiro atoms. The number of nitrogens with one attached hydrogen (secondary N) is 1. The summed E-state index contributed by atoms with van der Waals surface area (Å²) in [5.41, 5.74) is 1.94. The van der Waals surface area contributed by atoms with E-state index in [1.165, 1.54) is 4.88 Å². The third-order valence-corrected chi connectivity index (χ3v) is 3.54. The van der Waals surface area contributed by atoms with Crippen molar-refractivity contribution in [2.24, 2.45) is 0 Å². The van der Waals surface area contributed by atoms with Crippen LogP contribution in [0.5, 0.6) is 0 Å². The fourth-order valence-corrected chi connectivity index (χ4v) is 2.57. The number of anilines is 1. The van der Waals surface area contributed by atoms with E-state index in [9.17, 15) is 0 Å². The van der Waals surface area contributed by atoms with Crippen molar-refractivity contribution in [2.75, 3.05) is 19.0 Å². The molecule has 0 aliphatic rings. The lowest BCUT2D eigenvalue weighted by Gasteiger charge is -2.14. The van der Waals surface area contributed by atoms with Crippen LogP contribution in [0.2, 0.25) is 0 Å². The fraction of sp³-hybridized carbons (Fsp3) is 0.385. The summed E-state index contributed by atoms with van der Waals surface area (Å²) >= 11 is 1.69. The van der Waals surface area contributed by atoms with Gasteiger partial charge in [0.1, 0.15) is 6.10 Å². The Morgan fingerprint density at radius 3 is 2.61 bits per heavy atom. The molecule has 0 aliphatic carbocycles. The fourth-order valence-electron chi connectivity index (χ4n) is 1.76. The SMILES string of the molecule is COC(CNc1nc(C)cc(C)n1)c1cccs1. The molecule has 18 heavy (non-hydrogen) atoms. The Balaban J connectivity index is 2.01. The van der Waals surface area contributed by atoms with Crippen LogP contribution in [-0.2, 0) is 4.74 Å². The van der Waals surface area contributed by atoms with Gasteiger partial charge in [-0.1, -0.05) is 6.07 Å². The van der Waals surface area contributed by atoms with Gasteiger partial charge in [-0.15, -0.1) is 11.3 Å². The summed E-state index contributed by atoms with van der Waals surface area (Å²) in [5.74, 6) is 0.658. The van der Waals surface area contributed by atoms with Crippen molar-refractivity contribution in [3.63, 3.8) is 0 Å². The van der Waals surface area contributed by atoms with E-state index >= 15 is 0 Å². The van der Waals surface area contributed by atoms with E-state index in [4.69, 9.17) is 4.74 Å². The highest BCUT2D eigenvalue weighted by molar-refractivity contribution is 7.10. The number of hydrogen-bond acceptors (Lipinski definition) is 5. The average molecular weight is 263 g/mol. The standard InChI is InChI=1S/C13H17N3OS/c1-9-7-10(2)16-13(15-9)14-8-11(17-3)12-5-4-6-18-12/h4-7,11H,8H2,1-3H3,(H,14,15,16). The number of aromatic nitrogens is 2. The minimum atomic E-state index is 0.0365. The first-order valence-electron chi connectivity index (χ1n) is 5.81. The van der Waals surface area contributed by atoms with E-state index < -0.39 is 0 Å². The van der Waals surface area contributed by atoms with Crippen LogP contribution in [0.4, 0.5) is 5.95 Å². The molecule has 96 valence electrons. The van der Waals surface area contributed by atoms with E-state index in [0.29, 0.717) is 12.5 Å². The summed E-state index contributed by atoms with van der Waals surface area (Å²) in [6.45, 7) is 4.60. The predicted octanol–water partition coefficient (Wildman–Crippen LogP) is 2.95. The summed E-state index contributed by atoms with van der Waals surface area (Å²) in [6.07, 6.45) is 0.0365. The maximum atomic E-state index is 5.47. The van der Waals surface area contributed by atoms with Gasteiger partial charge in [-0.05, 0) is 31.4 Å². The second kappa shape index (κ2) is 5.93. The topological polar surface area (TPSA) is 47.0 Å². The van der Waals surface area contributed by atoms with Gasteiger partial charge in [-0.3, -0.25) is 0 Å². The Bertz CT molecular complexity index is 479. The number of thiophene rings is 1. The van der Waals surface area contributed by atoms with Crippen molar-refractivity contribution in [1.29, 1.82) is 0 Å². The van der Waals surface area contributed by atoms with Crippen LogP contribution in [0.25, 0.3) is 0 Å². The van der Waals surface area contributed by atoms with Crippen molar-refractivity contribution in [3.8, 4) is 0 Å². The monoisotopic (exact) mass is 263 g/mol. The molecule has 2 aromatic heterocycles. The van der Waals surface area contributed by atoms with Crippen LogP contribution < -0.4 is 5.32 Å². The molecule has 2 aromatic rings. The summed E-state index contributed by atoms with van der Waals surface area (Å²) in [7, 11) is 1.72. The minimum Gasteiger partial charge on any atom is -0.374 e. The van der Waals surface area contributed by atoms with Crippen LogP contribution >= 0.6 is 11.3 Å². The molecular weight excluding hydrogens is 246 g/mol. The molecule has 0 aromatic carbocycles. The molecule has 0 fully saturated rings. The number of rotatable bonds is 5. The highest BCUT2D eigenvalue weighted by Crippen LogP contribution is 2.21. The van der Waals surface area contributed by atoms with Gasteiger partial charge in [-0.2, -0.15) is 0 Å². The van der Waals surface area contributed by atoms with Gasteiger partial charge in [-0.25, -0.2) is 9.97 Å². The number of hydrogen-bond donors (Lipinski definition) is 1. The lowest BCUT2D eigenvalue weighted by atomic mass is 10.3. The van der Waals surface area contributed by atoms with E-state index in [1.54, 1.807) is 18.4 Å². The van der Waals surface area contributed by atoms with Gasteiger partial charge < -0.3 is 10.1 Å². The van der Waals surface area contributed by atoms with Crippen molar-refractivity contribution < 1.29 is 4.74 Å². The zero-order chi connectivity index (χ0) is 13.0. The van der Waals surface area contributed by atoms with Crippen molar-refractivity contribution >= 4 is 17.3 Å². The minimum absolute atomic E-state index is 0.0365. The number of nitrogens with zero attached hydrogens (tertiary/aromatic N) is 2. The highest BCUT2D eigenvalue weighted by atomic mass is 32.1. The summed E-state index contributed by atoms with van der Waals surface area (Å²) < 4.78 is 5.47. The Hall–Kier alpha value is -1.46. The first kappa shape index (κ1) is 13.0. The van der Waals surface area contributed by atoms with Crippen LogP contribution in [0, 0.1) is 13.8 Å². The Kier molecular flexibility index (Phi) is 4.28. The molecule has 0 amide bonds. The molecule has 0 aliphatic heterocycles. The molecular formula is C13H17N3OS. The second-order valence-electron chi connectivity index (χ2n) is 4.09. The molecule has 5 heteroatoms.